The summed E-state index contributed by atoms with van der Waals surface area (Å²) in [5.74, 6) is -2.52. The molecule has 3 heterocycles. The number of likely N-dealkylation sites (N-methyl/N-ethyl adjacent to an activating group) is 1. The highest BCUT2D eigenvalue weighted by atomic mass is 31.1. The minimum atomic E-state index is -2.70. The Morgan fingerprint density at radius 3 is 2.27 bits per heavy atom. The number of ether oxygens (including phenoxy) is 2. The Labute approximate surface area is 310 Å². The topological polar surface area (TPSA) is 167 Å². The van der Waals surface area contributed by atoms with Gasteiger partial charge >= 0.3 is 8.03 Å². The van der Waals surface area contributed by atoms with Gasteiger partial charge in [0.1, 0.15) is 6.04 Å². The number of hydrogen-bond donors (Lipinski definition) is 4. The average Bonchev–Trinajstić information content (AvgIpc) is 3.87. The van der Waals surface area contributed by atoms with E-state index in [0.717, 1.165) is 31.2 Å². The van der Waals surface area contributed by atoms with Crippen molar-refractivity contribution in [2.75, 3.05) is 27.8 Å². The lowest BCUT2D eigenvalue weighted by Crippen LogP contribution is -2.59. The molecule has 0 radical (unpaired) electrons. The first-order valence-electron chi connectivity index (χ1n) is 18.9. The van der Waals surface area contributed by atoms with Crippen LogP contribution in [-0.4, -0.2) is 114 Å². The molecule has 290 valence electrons. The molecule has 3 aliphatic heterocycles. The lowest BCUT2D eigenvalue weighted by Gasteiger charge is -2.41. The lowest BCUT2D eigenvalue weighted by atomic mass is 9.82. The highest BCUT2D eigenvalue weighted by Crippen LogP contribution is 2.38. The first-order valence-corrected chi connectivity index (χ1v) is 20.2. The van der Waals surface area contributed by atoms with E-state index in [1.165, 1.54) is 7.11 Å². The van der Waals surface area contributed by atoms with Gasteiger partial charge in [0, 0.05) is 40.3 Å². The molecule has 52 heavy (non-hydrogen) atoms. The molecule has 4 amide bonds. The van der Waals surface area contributed by atoms with Gasteiger partial charge in [-0.1, -0.05) is 71.4 Å². The number of amides is 4. The Morgan fingerprint density at radius 1 is 1.06 bits per heavy atom. The van der Waals surface area contributed by atoms with Crippen molar-refractivity contribution in [3.8, 4) is 0 Å². The first-order chi connectivity index (χ1) is 24.7. The normalized spacial score (nSPS) is 25.3. The fourth-order valence-corrected chi connectivity index (χ4v) is 8.95. The molecule has 1 aromatic carbocycles. The van der Waals surface area contributed by atoms with Crippen LogP contribution in [0.4, 0.5) is 0 Å². The summed E-state index contributed by atoms with van der Waals surface area (Å²) >= 11 is 0. The molecule has 4 aliphatic rings. The van der Waals surface area contributed by atoms with E-state index in [9.17, 15) is 28.6 Å². The maximum atomic E-state index is 14.1. The molecule has 14 heteroatoms. The third kappa shape index (κ3) is 9.77. The van der Waals surface area contributed by atoms with Crippen molar-refractivity contribution < 1.29 is 38.1 Å². The number of rotatable bonds is 19. The molecule has 2 bridgehead atoms. The van der Waals surface area contributed by atoms with Crippen molar-refractivity contribution >= 4 is 31.7 Å². The van der Waals surface area contributed by atoms with E-state index in [-0.39, 0.29) is 48.4 Å². The smallest absolute Gasteiger partial charge is 0.379 e. The molecule has 13 nitrogen and oxygen atoms in total. The Morgan fingerprint density at radius 2 is 1.73 bits per heavy atom. The fraction of sp³-hybridized carbons (Fsp3) is 0.737. The van der Waals surface area contributed by atoms with E-state index in [4.69, 9.17) is 9.47 Å². The number of nitrogens with one attached hydrogen (secondary N) is 3. The van der Waals surface area contributed by atoms with Gasteiger partial charge in [0.25, 0.3) is 5.78 Å². The highest BCUT2D eigenvalue weighted by molar-refractivity contribution is 7.38. The summed E-state index contributed by atoms with van der Waals surface area (Å²) in [4.78, 5) is 68.4. The molecule has 3 saturated heterocycles. The van der Waals surface area contributed by atoms with Crippen LogP contribution in [0.5, 0.6) is 0 Å². The summed E-state index contributed by atoms with van der Waals surface area (Å²) in [7, 11) is 2.09. The molecular formula is C38H61N5O8P+. The molecule has 1 unspecified atom stereocenters. The second-order valence-electron chi connectivity index (χ2n) is 15.4. The molecule has 4 fully saturated rings. The molecule has 0 spiro atoms. The zero-order valence-corrected chi connectivity index (χ0v) is 33.0. The molecule has 5 rings (SSSR count). The van der Waals surface area contributed by atoms with Crippen LogP contribution in [0.2, 0.25) is 0 Å². The standard InChI is InChI=1S/C38H60N5O8P/c1-9-23(4)34(42(6)38(47)32(22(2)3)41-37(46)33-26-19-27(20-26)39-33)29(50-7)21-31(44)43-17-13-16-28(43)35(51-8)24(5)36(45)40-30(52(48)49)18-25-14-11-10-12-15-25/h10-12,14-15,22-24,26-30,32-35,39H,9,13,16-21H2,1-8H3,(H2-,40,41,45,46,48,49)/p+1/t23-,24+,26?,27?,28-,29+,30+,32-,33-,34-,35+/m0/s1. The lowest BCUT2D eigenvalue weighted by molar-refractivity contribution is -0.147. The molecular weight excluding hydrogens is 685 g/mol. The summed E-state index contributed by atoms with van der Waals surface area (Å²) in [5.41, 5.74) is 0.826. The van der Waals surface area contributed by atoms with Crippen molar-refractivity contribution in [3.63, 3.8) is 0 Å². The summed E-state index contributed by atoms with van der Waals surface area (Å²) in [5, 5.41) is 9.15. The number of carbonyl (C=O) groups excluding carboxylic acids is 4. The molecule has 1 saturated carbocycles. The zero-order valence-electron chi connectivity index (χ0n) is 32.1. The van der Waals surface area contributed by atoms with Crippen molar-refractivity contribution in [2.24, 2.45) is 23.7 Å². The number of hydrogen-bond acceptors (Lipinski definition) is 8. The number of likely N-dealkylation sites (tertiary alicyclic amines) is 1. The van der Waals surface area contributed by atoms with E-state index in [2.05, 4.69) is 16.0 Å². The maximum Gasteiger partial charge on any atom is 0.531 e. The van der Waals surface area contributed by atoms with Crippen LogP contribution in [0.15, 0.2) is 30.3 Å². The number of carbonyl (C=O) groups is 4. The van der Waals surface area contributed by atoms with Crippen LogP contribution in [0.3, 0.4) is 0 Å². The monoisotopic (exact) mass is 746 g/mol. The summed E-state index contributed by atoms with van der Waals surface area (Å²) in [6, 6.07) is 7.74. The van der Waals surface area contributed by atoms with Gasteiger partial charge in [0.2, 0.25) is 23.6 Å². The maximum absolute atomic E-state index is 14.1. The van der Waals surface area contributed by atoms with Gasteiger partial charge in [-0.15, -0.1) is 0 Å². The van der Waals surface area contributed by atoms with Gasteiger partial charge in [-0.05, 0) is 53.6 Å². The molecule has 1 aliphatic carbocycles. The number of methoxy groups -OCH3 is 2. The Kier molecular flexibility index (Phi) is 15.2. The number of benzene rings is 1. The highest BCUT2D eigenvalue weighted by Gasteiger charge is 2.49. The van der Waals surface area contributed by atoms with Crippen LogP contribution in [0.25, 0.3) is 0 Å². The predicted molar refractivity (Wildman–Crippen MR) is 198 cm³/mol. The van der Waals surface area contributed by atoms with Gasteiger partial charge in [-0.25, -0.2) is 0 Å². The quantitative estimate of drug-likeness (QED) is 0.156. The molecule has 4 N–H and O–H groups in total. The van der Waals surface area contributed by atoms with Gasteiger partial charge in [-0.2, -0.15) is 4.89 Å². The van der Waals surface area contributed by atoms with E-state index < -0.39 is 56.0 Å². The van der Waals surface area contributed by atoms with Crippen molar-refractivity contribution in [2.45, 2.75) is 128 Å². The molecule has 0 aromatic heterocycles. The number of fused-ring (bicyclic) bond motifs is 1. The minimum Gasteiger partial charge on any atom is -0.379 e. The number of nitrogens with zero attached hydrogens (tertiary/aromatic N) is 2. The first kappa shape index (κ1) is 41.8. The second kappa shape index (κ2) is 18.9. The molecule has 1 aromatic rings. The van der Waals surface area contributed by atoms with E-state index in [0.29, 0.717) is 24.9 Å². The minimum absolute atomic E-state index is 0.00847. The van der Waals surface area contributed by atoms with Gasteiger partial charge in [0.15, 0.2) is 0 Å². The molecule has 10 atom stereocenters. The zero-order chi connectivity index (χ0) is 38.3. The van der Waals surface area contributed by atoms with Crippen LogP contribution in [0, 0.1) is 23.7 Å². The SMILES string of the molecule is CC[C@H](C)[C@@H]([C@@H](CC(=O)N1CCC[C@H]1[C@H](OC)[C@@H](C)C(=O)N[C@@H](Cc1ccccc1)[P+](=O)O)OC)N(C)C(=O)[C@@H](NC(=O)[C@H]1NC2CC1C2)C(C)C. The van der Waals surface area contributed by atoms with Gasteiger partial charge in [-0.3, -0.25) is 19.2 Å². The fourth-order valence-electron chi connectivity index (χ4n) is 8.35. The second-order valence-corrected chi connectivity index (χ2v) is 16.6. The van der Waals surface area contributed by atoms with Crippen LogP contribution in [-0.2, 0) is 39.6 Å². The van der Waals surface area contributed by atoms with Crippen LogP contribution >= 0.6 is 8.03 Å². The van der Waals surface area contributed by atoms with Crippen molar-refractivity contribution in [1.82, 2.24) is 25.8 Å². The summed E-state index contributed by atoms with van der Waals surface area (Å²) in [6.07, 6.45) is 2.99. The Hall–Kier alpha value is -2.96. The third-order valence-electron chi connectivity index (χ3n) is 11.7. The van der Waals surface area contributed by atoms with Crippen LogP contribution < -0.4 is 16.0 Å². The van der Waals surface area contributed by atoms with Crippen molar-refractivity contribution in [1.29, 1.82) is 0 Å². The van der Waals surface area contributed by atoms with Crippen molar-refractivity contribution in [3.05, 3.63) is 35.9 Å². The van der Waals surface area contributed by atoms with Crippen LogP contribution in [0.1, 0.15) is 78.7 Å². The van der Waals surface area contributed by atoms with E-state index >= 15 is 0 Å². The van der Waals surface area contributed by atoms with E-state index in [1.54, 1.807) is 30.9 Å². The van der Waals surface area contributed by atoms with Gasteiger partial charge < -0.3 is 35.2 Å². The van der Waals surface area contributed by atoms with E-state index in [1.807, 2.05) is 58.0 Å². The predicted octanol–water partition coefficient (Wildman–Crippen LogP) is 3.22. The Bertz CT molecular complexity index is 1390. The summed E-state index contributed by atoms with van der Waals surface area (Å²) in [6.45, 7) is 10.1. The summed E-state index contributed by atoms with van der Waals surface area (Å²) < 4.78 is 24.1. The Balaban J connectivity index is 1.45. The largest absolute Gasteiger partial charge is 0.531 e. The van der Waals surface area contributed by atoms with Gasteiger partial charge in [0.05, 0.1) is 42.7 Å². The average molecular weight is 747 g/mol. The third-order valence-corrected chi connectivity index (χ3v) is 12.5.